The molecule has 0 aliphatic heterocycles. The van der Waals surface area contributed by atoms with Crippen molar-refractivity contribution >= 4 is 5.97 Å². The van der Waals surface area contributed by atoms with Crippen molar-refractivity contribution in [3.05, 3.63) is 35.4 Å². The Hall–Kier alpha value is -1.39. The number of esters is 1. The second kappa shape index (κ2) is 6.25. The van der Waals surface area contributed by atoms with E-state index in [1.807, 2.05) is 12.1 Å². The second-order valence-electron chi connectivity index (χ2n) is 3.56. The molecule has 1 aromatic rings. The highest BCUT2D eigenvalue weighted by molar-refractivity contribution is 5.89. The van der Waals surface area contributed by atoms with Crippen LogP contribution in [-0.2, 0) is 11.2 Å². The Morgan fingerprint density at radius 3 is 2.56 bits per heavy atom. The molecular formula is C12H17NO3. The summed E-state index contributed by atoms with van der Waals surface area (Å²) in [7, 11) is 0. The molecule has 0 heterocycles. The Morgan fingerprint density at radius 1 is 1.44 bits per heavy atom. The van der Waals surface area contributed by atoms with E-state index < -0.39 is 0 Å². The van der Waals surface area contributed by atoms with Gasteiger partial charge in [-0.05, 0) is 31.0 Å². The molecule has 1 rings (SSSR count). The van der Waals surface area contributed by atoms with E-state index in [2.05, 4.69) is 0 Å². The largest absolute Gasteiger partial charge is 0.462 e. The van der Waals surface area contributed by atoms with Crippen LogP contribution < -0.4 is 5.73 Å². The Kier molecular flexibility index (Phi) is 4.95. The van der Waals surface area contributed by atoms with E-state index in [1.165, 1.54) is 0 Å². The maximum Gasteiger partial charge on any atom is 0.338 e. The van der Waals surface area contributed by atoms with Gasteiger partial charge in [0.15, 0.2) is 0 Å². The van der Waals surface area contributed by atoms with E-state index in [0.29, 0.717) is 18.6 Å². The summed E-state index contributed by atoms with van der Waals surface area (Å²) in [5.74, 6) is -0.319. The molecule has 0 spiro atoms. The van der Waals surface area contributed by atoms with Gasteiger partial charge in [-0.2, -0.15) is 0 Å². The average Bonchev–Trinajstić information content (AvgIpc) is 2.30. The fraction of sp³-hybridized carbons (Fsp3) is 0.417. The van der Waals surface area contributed by atoms with Crippen LogP contribution in [0, 0.1) is 0 Å². The van der Waals surface area contributed by atoms with E-state index >= 15 is 0 Å². The van der Waals surface area contributed by atoms with Crippen molar-refractivity contribution < 1.29 is 14.6 Å². The summed E-state index contributed by atoms with van der Waals surface area (Å²) in [6.45, 7) is 2.10. The molecule has 16 heavy (non-hydrogen) atoms. The number of ether oxygens (including phenoxy) is 1. The van der Waals surface area contributed by atoms with E-state index in [4.69, 9.17) is 15.6 Å². The third kappa shape index (κ3) is 3.64. The normalized spacial score (nSPS) is 12.2. The predicted molar refractivity (Wildman–Crippen MR) is 61.2 cm³/mol. The summed E-state index contributed by atoms with van der Waals surface area (Å²) in [5.41, 5.74) is 7.13. The van der Waals surface area contributed by atoms with Crippen LogP contribution in [0.15, 0.2) is 24.3 Å². The van der Waals surface area contributed by atoms with Crippen molar-refractivity contribution in [3.63, 3.8) is 0 Å². The topological polar surface area (TPSA) is 72.5 Å². The third-order valence-corrected chi connectivity index (χ3v) is 2.20. The Balaban J connectivity index is 2.64. The summed E-state index contributed by atoms with van der Waals surface area (Å²) < 4.78 is 4.87. The molecule has 4 heteroatoms. The van der Waals surface area contributed by atoms with Crippen molar-refractivity contribution in [2.75, 3.05) is 13.2 Å². The quantitative estimate of drug-likeness (QED) is 0.722. The van der Waals surface area contributed by atoms with Gasteiger partial charge in [-0.25, -0.2) is 4.79 Å². The molecule has 88 valence electrons. The molecule has 4 nitrogen and oxygen atoms in total. The van der Waals surface area contributed by atoms with Crippen LogP contribution in [0.4, 0.5) is 0 Å². The predicted octanol–water partition coefficient (Wildman–Crippen LogP) is 0.725. The molecule has 0 saturated heterocycles. The minimum absolute atomic E-state index is 0.0420. The Bertz CT molecular complexity index is 335. The molecule has 1 aromatic carbocycles. The number of hydrogen-bond acceptors (Lipinski definition) is 4. The monoisotopic (exact) mass is 223 g/mol. The standard InChI is InChI=1S/C12H17NO3/c1-2-16-12(15)10-5-3-9(4-6-10)7-11(13)8-14/h3-6,11,14H,2,7-8,13H2,1H3. The number of carbonyl (C=O) groups excluding carboxylic acids is 1. The third-order valence-electron chi connectivity index (χ3n) is 2.20. The first kappa shape index (κ1) is 12.7. The number of benzene rings is 1. The smallest absolute Gasteiger partial charge is 0.338 e. The van der Waals surface area contributed by atoms with E-state index in [-0.39, 0.29) is 18.6 Å². The van der Waals surface area contributed by atoms with Gasteiger partial charge in [0.05, 0.1) is 18.8 Å². The zero-order valence-corrected chi connectivity index (χ0v) is 9.35. The van der Waals surface area contributed by atoms with Gasteiger partial charge in [0.1, 0.15) is 0 Å². The zero-order valence-electron chi connectivity index (χ0n) is 9.35. The van der Waals surface area contributed by atoms with Gasteiger partial charge >= 0.3 is 5.97 Å². The summed E-state index contributed by atoms with van der Waals surface area (Å²) in [6, 6.07) is 6.80. The van der Waals surface area contributed by atoms with Gasteiger partial charge in [-0.3, -0.25) is 0 Å². The average molecular weight is 223 g/mol. The molecule has 1 atom stereocenters. The van der Waals surface area contributed by atoms with Gasteiger partial charge in [-0.15, -0.1) is 0 Å². The van der Waals surface area contributed by atoms with E-state index in [0.717, 1.165) is 5.56 Å². The first-order valence-corrected chi connectivity index (χ1v) is 5.30. The Labute approximate surface area is 95.0 Å². The fourth-order valence-electron chi connectivity index (χ4n) is 1.36. The number of rotatable bonds is 5. The summed E-state index contributed by atoms with van der Waals surface area (Å²) in [6.07, 6.45) is 0.597. The summed E-state index contributed by atoms with van der Waals surface area (Å²) in [4.78, 5) is 11.3. The van der Waals surface area contributed by atoms with E-state index in [9.17, 15) is 4.79 Å². The van der Waals surface area contributed by atoms with Crippen LogP contribution in [0.3, 0.4) is 0 Å². The Morgan fingerprint density at radius 2 is 2.06 bits per heavy atom. The van der Waals surface area contributed by atoms with Crippen LogP contribution in [0.1, 0.15) is 22.8 Å². The SMILES string of the molecule is CCOC(=O)c1ccc(CC(N)CO)cc1. The molecule has 0 bridgehead atoms. The molecular weight excluding hydrogens is 206 g/mol. The molecule has 1 unspecified atom stereocenters. The highest BCUT2D eigenvalue weighted by atomic mass is 16.5. The molecule has 3 N–H and O–H groups in total. The van der Waals surface area contributed by atoms with E-state index in [1.54, 1.807) is 19.1 Å². The van der Waals surface area contributed by atoms with Crippen LogP contribution in [0.25, 0.3) is 0 Å². The van der Waals surface area contributed by atoms with Crippen LogP contribution >= 0.6 is 0 Å². The lowest BCUT2D eigenvalue weighted by Gasteiger charge is -2.08. The first-order chi connectivity index (χ1) is 7.67. The minimum atomic E-state index is -0.319. The fourth-order valence-corrected chi connectivity index (χ4v) is 1.36. The number of carbonyl (C=O) groups is 1. The summed E-state index contributed by atoms with van der Waals surface area (Å²) in [5, 5.41) is 8.81. The number of nitrogens with two attached hydrogens (primary N) is 1. The molecule has 0 aliphatic rings. The number of aliphatic hydroxyl groups is 1. The molecule has 0 amide bonds. The lowest BCUT2D eigenvalue weighted by molar-refractivity contribution is 0.0526. The van der Waals surface area contributed by atoms with Crippen molar-refractivity contribution in [1.82, 2.24) is 0 Å². The highest BCUT2D eigenvalue weighted by Crippen LogP contribution is 2.07. The zero-order chi connectivity index (χ0) is 12.0. The molecule has 0 radical (unpaired) electrons. The van der Waals surface area contributed by atoms with Crippen molar-refractivity contribution in [2.24, 2.45) is 5.73 Å². The van der Waals surface area contributed by atoms with Crippen molar-refractivity contribution in [3.8, 4) is 0 Å². The molecule has 0 aromatic heterocycles. The van der Waals surface area contributed by atoms with Gasteiger partial charge in [0, 0.05) is 6.04 Å². The number of hydrogen-bond donors (Lipinski definition) is 2. The lowest BCUT2D eigenvalue weighted by atomic mass is 10.1. The maximum absolute atomic E-state index is 11.3. The highest BCUT2D eigenvalue weighted by Gasteiger charge is 2.07. The second-order valence-corrected chi connectivity index (χ2v) is 3.56. The summed E-state index contributed by atoms with van der Waals surface area (Å²) >= 11 is 0. The van der Waals surface area contributed by atoms with Crippen molar-refractivity contribution in [1.29, 1.82) is 0 Å². The van der Waals surface area contributed by atoms with Gasteiger partial charge in [-0.1, -0.05) is 12.1 Å². The molecule has 0 saturated carbocycles. The lowest BCUT2D eigenvalue weighted by Crippen LogP contribution is -2.26. The minimum Gasteiger partial charge on any atom is -0.462 e. The van der Waals surface area contributed by atoms with Crippen LogP contribution in [-0.4, -0.2) is 30.3 Å². The maximum atomic E-state index is 11.3. The van der Waals surface area contributed by atoms with Gasteiger partial charge < -0.3 is 15.6 Å². The number of aliphatic hydroxyl groups excluding tert-OH is 1. The first-order valence-electron chi connectivity index (χ1n) is 5.30. The molecule has 0 fully saturated rings. The van der Waals surface area contributed by atoms with Gasteiger partial charge in [0.25, 0.3) is 0 Å². The van der Waals surface area contributed by atoms with Gasteiger partial charge in [0.2, 0.25) is 0 Å². The van der Waals surface area contributed by atoms with Crippen molar-refractivity contribution in [2.45, 2.75) is 19.4 Å². The molecule has 0 aliphatic carbocycles. The van der Waals surface area contributed by atoms with Crippen LogP contribution in [0.2, 0.25) is 0 Å². The van der Waals surface area contributed by atoms with Crippen LogP contribution in [0.5, 0.6) is 0 Å².